The van der Waals surface area contributed by atoms with Gasteiger partial charge in [0.2, 0.25) is 0 Å². The fourth-order valence-electron chi connectivity index (χ4n) is 1.46. The number of Topliss-reactive ketones (excluding diaryl/α,β-unsaturated/α-hetero) is 1. The third kappa shape index (κ3) is 2.77. The van der Waals surface area contributed by atoms with Crippen molar-refractivity contribution in [2.45, 2.75) is 16.0 Å². The summed E-state index contributed by atoms with van der Waals surface area (Å²) in [5, 5.41) is 12.9. The van der Waals surface area contributed by atoms with Crippen LogP contribution in [0.25, 0.3) is 0 Å². The Hall–Kier alpha value is -1.66. The maximum Gasteiger partial charge on any atom is 0.281 e. The lowest BCUT2D eigenvalue weighted by Gasteiger charge is -2.02. The van der Waals surface area contributed by atoms with Crippen LogP contribution in [0.5, 0.6) is 0 Å². The van der Waals surface area contributed by atoms with Crippen LogP contribution in [0.3, 0.4) is 0 Å². The highest BCUT2D eigenvalue weighted by Crippen LogP contribution is 2.34. The normalized spacial score (nSPS) is 10.3. The van der Waals surface area contributed by atoms with Gasteiger partial charge in [0, 0.05) is 11.0 Å². The number of nitro benzene ring substituents is 1. The van der Waals surface area contributed by atoms with Crippen LogP contribution in [0.2, 0.25) is 0 Å². The van der Waals surface area contributed by atoms with Crippen LogP contribution in [0.15, 0.2) is 44.8 Å². The zero-order valence-corrected chi connectivity index (χ0v) is 11.1. The number of rotatable bonds is 4. The van der Waals surface area contributed by atoms with Gasteiger partial charge in [-0.3, -0.25) is 14.9 Å². The largest absolute Gasteiger partial charge is 0.294 e. The molecule has 0 fully saturated rings. The molecule has 2 rings (SSSR count). The molecule has 1 aromatic carbocycles. The Morgan fingerprint density at radius 2 is 2.17 bits per heavy atom. The predicted octanol–water partition coefficient (Wildman–Crippen LogP) is 4.01. The Kier molecular flexibility index (Phi) is 3.78. The van der Waals surface area contributed by atoms with Gasteiger partial charge in [-0.15, -0.1) is 11.3 Å². The van der Waals surface area contributed by atoms with Crippen LogP contribution >= 0.6 is 23.1 Å². The van der Waals surface area contributed by atoms with Gasteiger partial charge in [0.1, 0.15) is 0 Å². The van der Waals surface area contributed by atoms with Gasteiger partial charge in [-0.2, -0.15) is 0 Å². The lowest BCUT2D eigenvalue weighted by Crippen LogP contribution is -1.99. The van der Waals surface area contributed by atoms with Gasteiger partial charge >= 0.3 is 0 Å². The lowest BCUT2D eigenvalue weighted by atomic mass is 10.1. The fraction of sp³-hybridized carbons (Fsp3) is 0.0833. The Morgan fingerprint density at radius 1 is 1.39 bits per heavy atom. The number of benzene rings is 1. The topological polar surface area (TPSA) is 60.2 Å². The van der Waals surface area contributed by atoms with Crippen LogP contribution in [0.1, 0.15) is 17.3 Å². The van der Waals surface area contributed by atoms with Crippen molar-refractivity contribution in [2.75, 3.05) is 0 Å². The van der Waals surface area contributed by atoms with E-state index in [1.165, 1.54) is 30.8 Å². The SMILES string of the molecule is CC(=O)c1ccc(Sc2cccs2)cc1[N+](=O)[O-]. The molecule has 1 heterocycles. The summed E-state index contributed by atoms with van der Waals surface area (Å²) >= 11 is 3.02. The monoisotopic (exact) mass is 279 g/mol. The summed E-state index contributed by atoms with van der Waals surface area (Å²) < 4.78 is 1.06. The number of carbonyl (C=O) groups excluding carboxylic acids is 1. The van der Waals surface area contributed by atoms with Crippen molar-refractivity contribution in [3.63, 3.8) is 0 Å². The summed E-state index contributed by atoms with van der Waals surface area (Å²) in [5.74, 6) is -0.297. The molecule has 4 nitrogen and oxygen atoms in total. The first-order valence-corrected chi connectivity index (χ1v) is 6.78. The van der Waals surface area contributed by atoms with Gasteiger partial charge in [-0.1, -0.05) is 17.8 Å². The second-order valence-corrected chi connectivity index (χ2v) is 5.85. The maximum absolute atomic E-state index is 11.3. The van der Waals surface area contributed by atoms with E-state index < -0.39 is 4.92 Å². The molecule has 92 valence electrons. The summed E-state index contributed by atoms with van der Waals surface area (Å²) in [6.07, 6.45) is 0. The van der Waals surface area contributed by atoms with Gasteiger partial charge in [0.05, 0.1) is 14.7 Å². The summed E-state index contributed by atoms with van der Waals surface area (Å²) in [4.78, 5) is 22.5. The molecular formula is C12H9NO3S2. The van der Waals surface area contributed by atoms with Crippen molar-refractivity contribution in [2.24, 2.45) is 0 Å². The number of thiophene rings is 1. The van der Waals surface area contributed by atoms with E-state index in [2.05, 4.69) is 0 Å². The van der Waals surface area contributed by atoms with Crippen LogP contribution in [-0.2, 0) is 0 Å². The maximum atomic E-state index is 11.3. The third-order valence-electron chi connectivity index (χ3n) is 2.26. The van der Waals surface area contributed by atoms with E-state index in [-0.39, 0.29) is 17.0 Å². The van der Waals surface area contributed by atoms with Crippen molar-refractivity contribution < 1.29 is 9.72 Å². The second-order valence-electron chi connectivity index (χ2n) is 3.53. The molecule has 0 aliphatic carbocycles. The quantitative estimate of drug-likeness (QED) is 0.482. The van der Waals surface area contributed by atoms with E-state index in [1.807, 2.05) is 17.5 Å². The summed E-state index contributed by atoms with van der Waals surface area (Å²) in [7, 11) is 0. The molecule has 0 saturated carbocycles. The first-order valence-electron chi connectivity index (χ1n) is 5.08. The molecule has 0 atom stereocenters. The molecule has 0 N–H and O–H groups in total. The second kappa shape index (κ2) is 5.32. The van der Waals surface area contributed by atoms with E-state index in [4.69, 9.17) is 0 Å². The lowest BCUT2D eigenvalue weighted by molar-refractivity contribution is -0.385. The Balaban J connectivity index is 2.37. The highest BCUT2D eigenvalue weighted by molar-refractivity contribution is 8.01. The molecule has 0 saturated heterocycles. The minimum absolute atomic E-state index is 0.135. The summed E-state index contributed by atoms with van der Waals surface area (Å²) in [6.45, 7) is 1.33. The van der Waals surface area contributed by atoms with Crippen molar-refractivity contribution in [3.05, 3.63) is 51.4 Å². The van der Waals surface area contributed by atoms with E-state index >= 15 is 0 Å². The van der Waals surface area contributed by atoms with Gasteiger partial charge < -0.3 is 0 Å². The minimum Gasteiger partial charge on any atom is -0.294 e. The first kappa shape index (κ1) is 12.8. The first-order chi connectivity index (χ1) is 8.58. The Labute approximate surface area is 112 Å². The molecule has 2 aromatic rings. The summed E-state index contributed by atoms with van der Waals surface area (Å²) in [6, 6.07) is 8.55. The minimum atomic E-state index is -0.519. The van der Waals surface area contributed by atoms with E-state index in [1.54, 1.807) is 17.4 Å². The zero-order chi connectivity index (χ0) is 13.1. The van der Waals surface area contributed by atoms with Crippen LogP contribution in [-0.4, -0.2) is 10.7 Å². The molecule has 0 aliphatic rings. The number of nitrogens with zero attached hydrogens (tertiary/aromatic N) is 1. The molecule has 18 heavy (non-hydrogen) atoms. The van der Waals surface area contributed by atoms with E-state index in [0.717, 1.165) is 9.10 Å². The smallest absolute Gasteiger partial charge is 0.281 e. The predicted molar refractivity (Wildman–Crippen MR) is 71.5 cm³/mol. The molecule has 0 amide bonds. The van der Waals surface area contributed by atoms with Crippen LogP contribution in [0, 0.1) is 10.1 Å². The molecular weight excluding hydrogens is 270 g/mol. The average molecular weight is 279 g/mol. The molecule has 1 aromatic heterocycles. The molecule has 0 aliphatic heterocycles. The number of hydrogen-bond acceptors (Lipinski definition) is 5. The Morgan fingerprint density at radius 3 is 2.72 bits per heavy atom. The highest BCUT2D eigenvalue weighted by Gasteiger charge is 2.18. The number of hydrogen-bond donors (Lipinski definition) is 0. The summed E-state index contributed by atoms with van der Waals surface area (Å²) in [5.41, 5.74) is 0.0135. The Bertz CT molecular complexity index is 593. The van der Waals surface area contributed by atoms with E-state index in [0.29, 0.717) is 0 Å². The van der Waals surface area contributed by atoms with Crippen molar-refractivity contribution in [1.82, 2.24) is 0 Å². The van der Waals surface area contributed by atoms with Crippen molar-refractivity contribution >= 4 is 34.6 Å². The molecule has 0 radical (unpaired) electrons. The fourth-order valence-corrected chi connectivity index (χ4v) is 3.24. The molecule has 0 spiro atoms. The van der Waals surface area contributed by atoms with E-state index in [9.17, 15) is 14.9 Å². The molecule has 6 heteroatoms. The molecule has 0 bridgehead atoms. The number of nitro groups is 1. The zero-order valence-electron chi connectivity index (χ0n) is 9.45. The number of carbonyl (C=O) groups is 1. The van der Waals surface area contributed by atoms with Gasteiger partial charge in [0.15, 0.2) is 5.78 Å². The number of ketones is 1. The van der Waals surface area contributed by atoms with Gasteiger partial charge in [-0.05, 0) is 30.5 Å². The van der Waals surface area contributed by atoms with Crippen molar-refractivity contribution in [3.8, 4) is 0 Å². The van der Waals surface area contributed by atoms with Crippen LogP contribution in [0.4, 0.5) is 5.69 Å². The van der Waals surface area contributed by atoms with Crippen LogP contribution < -0.4 is 0 Å². The third-order valence-corrected chi connectivity index (χ3v) is 4.29. The van der Waals surface area contributed by atoms with Gasteiger partial charge in [0.25, 0.3) is 5.69 Å². The average Bonchev–Trinajstić information content (AvgIpc) is 2.81. The standard InChI is InChI=1S/C12H9NO3S2/c1-8(14)10-5-4-9(7-11(10)13(15)16)18-12-3-2-6-17-12/h2-7H,1H3. The highest BCUT2D eigenvalue weighted by atomic mass is 32.2. The van der Waals surface area contributed by atoms with Crippen molar-refractivity contribution in [1.29, 1.82) is 0 Å². The molecule has 0 unspecified atom stereocenters. The van der Waals surface area contributed by atoms with Gasteiger partial charge in [-0.25, -0.2) is 0 Å².